The van der Waals surface area contributed by atoms with E-state index < -0.39 is 25.9 Å². The molecule has 0 saturated heterocycles. The van der Waals surface area contributed by atoms with Gasteiger partial charge in [0, 0.05) is 22.9 Å². The minimum absolute atomic E-state index is 0.251. The molecule has 0 fully saturated rings. The van der Waals surface area contributed by atoms with Gasteiger partial charge in [0.2, 0.25) is 0 Å². The maximum absolute atomic E-state index is 12.6. The van der Waals surface area contributed by atoms with E-state index in [0.29, 0.717) is 10.6 Å². The third-order valence-electron chi connectivity index (χ3n) is 1.88. The van der Waals surface area contributed by atoms with E-state index >= 15 is 0 Å². The van der Waals surface area contributed by atoms with Gasteiger partial charge in [-0.25, -0.2) is 17.9 Å². The highest BCUT2D eigenvalue weighted by Crippen LogP contribution is 2.29. The summed E-state index contributed by atoms with van der Waals surface area (Å²) >= 11 is 0. The van der Waals surface area contributed by atoms with Crippen LogP contribution < -0.4 is 0 Å². The molecule has 0 unspecified atom stereocenters. The normalized spacial score (nSPS) is 13.2. The molecule has 92 valence electrons. The number of rotatable bonds is 1. The van der Waals surface area contributed by atoms with Crippen LogP contribution in [-0.4, -0.2) is 23.0 Å². The second kappa shape index (κ2) is 3.57. The molecule has 0 aliphatic carbocycles. The molecule has 10 heteroatoms. The van der Waals surface area contributed by atoms with E-state index in [9.17, 15) is 21.6 Å². The first-order valence-corrected chi connectivity index (χ1v) is 6.37. The number of hydrogen-bond donors (Lipinski definition) is 0. The fraction of sp³-hybridized carbons (Fsp3) is 0.143. The predicted molar refractivity (Wildman–Crippen MR) is 51.0 cm³/mol. The van der Waals surface area contributed by atoms with Gasteiger partial charge in [0.15, 0.2) is 10.7 Å². The van der Waals surface area contributed by atoms with Gasteiger partial charge in [-0.15, -0.1) is 0 Å². The molecule has 0 atom stereocenters. The summed E-state index contributed by atoms with van der Waals surface area (Å²) in [6.07, 6.45) is -3.76. The summed E-state index contributed by atoms with van der Waals surface area (Å²) in [7, 11) is 0.790. The zero-order valence-corrected chi connectivity index (χ0v) is 9.38. The Morgan fingerprint density at radius 2 is 2.00 bits per heavy atom. The molecule has 0 aromatic carbocycles. The van der Waals surface area contributed by atoms with Crippen molar-refractivity contribution in [3.8, 4) is 0 Å². The SMILES string of the molecule is O=S(=O)(Cl)c1cc2nccc(C(F)(F)F)n2n1. The first kappa shape index (κ1) is 12.1. The van der Waals surface area contributed by atoms with Gasteiger partial charge in [-0.2, -0.15) is 18.3 Å². The number of halogens is 4. The van der Waals surface area contributed by atoms with Crippen LogP contribution in [0, 0.1) is 0 Å². The number of aromatic nitrogens is 3. The molecule has 0 aliphatic heterocycles. The van der Waals surface area contributed by atoms with Gasteiger partial charge in [-0.1, -0.05) is 0 Å². The van der Waals surface area contributed by atoms with E-state index in [-0.39, 0.29) is 5.65 Å². The van der Waals surface area contributed by atoms with Crippen molar-refractivity contribution >= 4 is 25.4 Å². The average molecular weight is 286 g/mol. The van der Waals surface area contributed by atoms with Crippen LogP contribution in [0.2, 0.25) is 0 Å². The lowest BCUT2D eigenvalue weighted by molar-refractivity contribution is -0.142. The Hall–Kier alpha value is -1.35. The van der Waals surface area contributed by atoms with Crippen molar-refractivity contribution in [2.24, 2.45) is 0 Å². The average Bonchev–Trinajstić information content (AvgIpc) is 2.57. The van der Waals surface area contributed by atoms with Crippen molar-refractivity contribution in [1.29, 1.82) is 0 Å². The van der Waals surface area contributed by atoms with Crippen LogP contribution >= 0.6 is 10.7 Å². The Morgan fingerprint density at radius 1 is 1.35 bits per heavy atom. The van der Waals surface area contributed by atoms with Gasteiger partial charge in [-0.3, -0.25) is 0 Å². The van der Waals surface area contributed by atoms with E-state index in [0.717, 1.165) is 12.3 Å². The van der Waals surface area contributed by atoms with Crippen LogP contribution in [0.4, 0.5) is 13.2 Å². The zero-order valence-electron chi connectivity index (χ0n) is 7.81. The van der Waals surface area contributed by atoms with E-state index in [2.05, 4.69) is 10.1 Å². The van der Waals surface area contributed by atoms with Gasteiger partial charge in [0.1, 0.15) is 5.69 Å². The molecule has 0 bridgehead atoms. The first-order chi connectivity index (χ1) is 7.69. The summed E-state index contributed by atoms with van der Waals surface area (Å²) in [5.74, 6) is 0. The molecule has 0 aliphatic rings. The quantitative estimate of drug-likeness (QED) is 0.748. The maximum Gasteiger partial charge on any atom is 0.433 e. The molecule has 0 saturated carbocycles. The summed E-state index contributed by atoms with van der Waals surface area (Å²) in [5, 5.41) is 2.59. The maximum atomic E-state index is 12.6. The minimum Gasteiger partial charge on any atom is -0.237 e. The third-order valence-corrected chi connectivity index (χ3v) is 3.05. The summed E-state index contributed by atoms with van der Waals surface area (Å²) in [4.78, 5) is 3.57. The van der Waals surface area contributed by atoms with E-state index in [4.69, 9.17) is 10.7 Å². The van der Waals surface area contributed by atoms with Crippen LogP contribution in [0.15, 0.2) is 23.4 Å². The Kier molecular flexibility index (Phi) is 2.54. The standard InChI is InChI=1S/C7H3ClF3N3O2S/c8-17(15,16)6-3-5-12-2-1-4(7(9,10)11)14(5)13-6/h1-3H. The lowest BCUT2D eigenvalue weighted by Gasteiger charge is -2.07. The molecule has 2 aromatic rings. The first-order valence-electron chi connectivity index (χ1n) is 4.06. The number of fused-ring (bicyclic) bond motifs is 1. The largest absolute Gasteiger partial charge is 0.433 e. The van der Waals surface area contributed by atoms with Crippen LogP contribution in [0.5, 0.6) is 0 Å². The lowest BCUT2D eigenvalue weighted by atomic mass is 10.4. The van der Waals surface area contributed by atoms with Gasteiger partial charge in [0.05, 0.1) is 0 Å². The van der Waals surface area contributed by atoms with Crippen molar-refractivity contribution in [3.63, 3.8) is 0 Å². The molecular formula is C7H3ClF3N3O2S. The second-order valence-electron chi connectivity index (χ2n) is 3.02. The van der Waals surface area contributed by atoms with Crippen LogP contribution in [0.25, 0.3) is 5.65 Å². The fourth-order valence-electron chi connectivity index (χ4n) is 1.21. The molecule has 5 nitrogen and oxygen atoms in total. The lowest BCUT2D eigenvalue weighted by Crippen LogP contribution is -2.12. The Morgan fingerprint density at radius 3 is 2.53 bits per heavy atom. The number of nitrogens with zero attached hydrogens (tertiary/aromatic N) is 3. The topological polar surface area (TPSA) is 64.3 Å². The van der Waals surface area contributed by atoms with E-state index in [1.54, 1.807) is 0 Å². The van der Waals surface area contributed by atoms with Crippen LogP contribution in [0.3, 0.4) is 0 Å². The number of alkyl halides is 3. The molecule has 0 spiro atoms. The van der Waals surface area contributed by atoms with Gasteiger partial charge >= 0.3 is 6.18 Å². The zero-order chi connectivity index (χ0) is 12.8. The van der Waals surface area contributed by atoms with Crippen molar-refractivity contribution in [3.05, 3.63) is 24.0 Å². The summed E-state index contributed by atoms with van der Waals surface area (Å²) in [5.41, 5.74) is -1.38. The highest BCUT2D eigenvalue weighted by molar-refractivity contribution is 8.13. The van der Waals surface area contributed by atoms with Crippen LogP contribution in [0.1, 0.15) is 5.69 Å². The Balaban J connectivity index is 2.79. The Labute approximate surface area is 97.3 Å². The van der Waals surface area contributed by atoms with Crippen molar-refractivity contribution in [1.82, 2.24) is 14.6 Å². The molecule has 0 radical (unpaired) electrons. The third kappa shape index (κ3) is 2.20. The molecule has 17 heavy (non-hydrogen) atoms. The van der Waals surface area contributed by atoms with E-state index in [1.807, 2.05) is 0 Å². The fourth-order valence-corrected chi connectivity index (χ4v) is 1.86. The smallest absolute Gasteiger partial charge is 0.237 e. The van der Waals surface area contributed by atoms with Gasteiger partial charge in [-0.05, 0) is 6.07 Å². The Bertz CT molecular complexity index is 679. The highest BCUT2D eigenvalue weighted by Gasteiger charge is 2.34. The molecular weight excluding hydrogens is 283 g/mol. The molecule has 2 aromatic heterocycles. The molecule has 0 amide bonds. The predicted octanol–water partition coefficient (Wildman–Crippen LogP) is 1.68. The summed E-state index contributed by atoms with van der Waals surface area (Å²) < 4.78 is 59.9. The van der Waals surface area contributed by atoms with Crippen LogP contribution in [-0.2, 0) is 15.2 Å². The van der Waals surface area contributed by atoms with Crippen molar-refractivity contribution in [2.45, 2.75) is 11.2 Å². The highest BCUT2D eigenvalue weighted by atomic mass is 35.7. The second-order valence-corrected chi connectivity index (χ2v) is 5.53. The number of hydrogen-bond acceptors (Lipinski definition) is 4. The summed E-state index contributed by atoms with van der Waals surface area (Å²) in [6.45, 7) is 0. The van der Waals surface area contributed by atoms with E-state index in [1.165, 1.54) is 0 Å². The monoisotopic (exact) mass is 285 g/mol. The summed E-state index contributed by atoms with van der Waals surface area (Å²) in [6, 6.07) is 1.54. The van der Waals surface area contributed by atoms with Crippen molar-refractivity contribution in [2.75, 3.05) is 0 Å². The molecule has 2 rings (SSSR count). The minimum atomic E-state index is -4.67. The molecule has 2 heterocycles. The van der Waals surface area contributed by atoms with Crippen molar-refractivity contribution < 1.29 is 21.6 Å². The van der Waals surface area contributed by atoms with Gasteiger partial charge < -0.3 is 0 Å². The molecule has 0 N–H and O–H groups in total. The van der Waals surface area contributed by atoms with Gasteiger partial charge in [0.25, 0.3) is 9.05 Å².